The summed E-state index contributed by atoms with van der Waals surface area (Å²) in [5, 5.41) is 6.21. The lowest BCUT2D eigenvalue weighted by atomic mass is 9.95. The Morgan fingerprint density at radius 2 is 1.91 bits per heavy atom. The van der Waals surface area contributed by atoms with Crippen molar-refractivity contribution >= 4 is 5.91 Å². The molecule has 0 saturated carbocycles. The molecule has 124 valence electrons. The highest BCUT2D eigenvalue weighted by atomic mass is 16.3. The molecule has 4 heteroatoms. The van der Waals surface area contributed by atoms with E-state index >= 15 is 0 Å². The summed E-state index contributed by atoms with van der Waals surface area (Å²) in [7, 11) is 0. The van der Waals surface area contributed by atoms with Gasteiger partial charge in [0.25, 0.3) is 0 Å². The van der Waals surface area contributed by atoms with Gasteiger partial charge in [0.2, 0.25) is 5.91 Å². The summed E-state index contributed by atoms with van der Waals surface area (Å²) in [5.74, 6) is 1.13. The molecule has 4 nitrogen and oxygen atoms in total. The summed E-state index contributed by atoms with van der Waals surface area (Å²) in [5.41, 5.74) is 2.54. The minimum atomic E-state index is -0.0303. The molecule has 0 aliphatic rings. The van der Waals surface area contributed by atoms with E-state index in [0.717, 1.165) is 12.2 Å². The molecule has 2 N–H and O–H groups in total. The van der Waals surface area contributed by atoms with E-state index in [1.165, 1.54) is 11.1 Å². The molecule has 0 bridgehead atoms. The van der Waals surface area contributed by atoms with Crippen molar-refractivity contribution in [3.8, 4) is 0 Å². The number of carbonyl (C=O) groups is 1. The van der Waals surface area contributed by atoms with Crippen molar-refractivity contribution in [1.29, 1.82) is 0 Å². The van der Waals surface area contributed by atoms with Crippen LogP contribution >= 0.6 is 0 Å². The molecule has 23 heavy (non-hydrogen) atoms. The fourth-order valence-corrected chi connectivity index (χ4v) is 2.56. The predicted molar refractivity (Wildman–Crippen MR) is 92.0 cm³/mol. The lowest BCUT2D eigenvalue weighted by Crippen LogP contribution is -2.37. The summed E-state index contributed by atoms with van der Waals surface area (Å²) in [6, 6.07) is 12.4. The largest absolute Gasteiger partial charge is 0.467 e. The van der Waals surface area contributed by atoms with Crippen LogP contribution in [0.5, 0.6) is 0 Å². The van der Waals surface area contributed by atoms with E-state index < -0.39 is 0 Å². The molecule has 1 atom stereocenters. The summed E-state index contributed by atoms with van der Waals surface area (Å²) < 4.78 is 5.20. The molecule has 1 amide bonds. The van der Waals surface area contributed by atoms with E-state index in [1.807, 2.05) is 12.1 Å². The zero-order valence-corrected chi connectivity index (χ0v) is 14.1. The van der Waals surface area contributed by atoms with E-state index in [-0.39, 0.29) is 11.9 Å². The number of benzene rings is 1. The molecule has 0 radical (unpaired) electrons. The van der Waals surface area contributed by atoms with E-state index in [9.17, 15) is 4.79 Å². The number of nitrogens with one attached hydrogen (secondary N) is 2. The molecular weight excluding hydrogens is 288 g/mol. The Balaban J connectivity index is 1.87. The molecule has 2 rings (SSSR count). The third-order valence-electron chi connectivity index (χ3n) is 3.94. The SMILES string of the molecule is CCc1ccc(C(NCC(=O)NCc2ccco2)C(C)C)cc1. The fraction of sp³-hybridized carbons (Fsp3) is 0.421. The van der Waals surface area contributed by atoms with Crippen molar-refractivity contribution in [2.24, 2.45) is 5.92 Å². The number of carbonyl (C=O) groups excluding carboxylic acids is 1. The maximum Gasteiger partial charge on any atom is 0.234 e. The van der Waals surface area contributed by atoms with E-state index in [4.69, 9.17) is 4.42 Å². The van der Waals surface area contributed by atoms with Crippen molar-refractivity contribution in [3.63, 3.8) is 0 Å². The quantitative estimate of drug-likeness (QED) is 0.785. The fourth-order valence-electron chi connectivity index (χ4n) is 2.56. The van der Waals surface area contributed by atoms with Crippen LogP contribution in [0.15, 0.2) is 47.1 Å². The maximum absolute atomic E-state index is 12.0. The van der Waals surface area contributed by atoms with Gasteiger partial charge in [-0.05, 0) is 35.6 Å². The topological polar surface area (TPSA) is 54.3 Å². The molecule has 0 spiro atoms. The van der Waals surface area contributed by atoms with E-state index in [0.29, 0.717) is 19.0 Å². The van der Waals surface area contributed by atoms with Crippen LogP contribution in [0.4, 0.5) is 0 Å². The molecule has 2 aromatic rings. The number of hydrogen-bond acceptors (Lipinski definition) is 3. The summed E-state index contributed by atoms with van der Waals surface area (Å²) in [6.45, 7) is 7.18. The van der Waals surface area contributed by atoms with Crippen LogP contribution in [0.1, 0.15) is 43.7 Å². The normalized spacial score (nSPS) is 12.3. The van der Waals surface area contributed by atoms with Crippen LogP contribution in [0.3, 0.4) is 0 Å². The van der Waals surface area contributed by atoms with Crippen LogP contribution in [-0.4, -0.2) is 12.5 Å². The molecule has 0 aliphatic carbocycles. The second-order valence-corrected chi connectivity index (χ2v) is 6.05. The summed E-state index contributed by atoms with van der Waals surface area (Å²) in [6.07, 6.45) is 2.64. The molecule has 1 aromatic heterocycles. The number of furan rings is 1. The van der Waals surface area contributed by atoms with Gasteiger partial charge in [-0.15, -0.1) is 0 Å². The zero-order valence-electron chi connectivity index (χ0n) is 14.1. The first-order chi connectivity index (χ1) is 11.1. The third kappa shape index (κ3) is 5.25. The lowest BCUT2D eigenvalue weighted by molar-refractivity contribution is -0.120. The number of rotatable bonds is 8. The van der Waals surface area contributed by atoms with Gasteiger partial charge in [0.1, 0.15) is 5.76 Å². The number of amides is 1. The summed E-state index contributed by atoms with van der Waals surface area (Å²) in [4.78, 5) is 12.0. The first-order valence-electron chi connectivity index (χ1n) is 8.21. The minimum absolute atomic E-state index is 0.0303. The van der Waals surface area contributed by atoms with Crippen LogP contribution in [0, 0.1) is 5.92 Å². The molecule has 1 heterocycles. The summed E-state index contributed by atoms with van der Waals surface area (Å²) >= 11 is 0. The average molecular weight is 314 g/mol. The highest BCUT2D eigenvalue weighted by Crippen LogP contribution is 2.22. The Morgan fingerprint density at radius 3 is 2.48 bits per heavy atom. The van der Waals surface area contributed by atoms with Gasteiger partial charge in [0, 0.05) is 6.04 Å². The third-order valence-corrected chi connectivity index (χ3v) is 3.94. The number of aryl methyl sites for hydroxylation is 1. The zero-order chi connectivity index (χ0) is 16.7. The Morgan fingerprint density at radius 1 is 1.17 bits per heavy atom. The van der Waals surface area contributed by atoms with Crippen molar-refractivity contribution in [2.75, 3.05) is 6.54 Å². The van der Waals surface area contributed by atoms with Crippen molar-refractivity contribution in [3.05, 3.63) is 59.5 Å². The van der Waals surface area contributed by atoms with Crippen LogP contribution < -0.4 is 10.6 Å². The van der Waals surface area contributed by atoms with Gasteiger partial charge in [-0.3, -0.25) is 4.79 Å². The molecule has 1 aromatic carbocycles. The predicted octanol–water partition coefficient (Wildman–Crippen LogP) is 3.45. The Labute approximate surface area is 138 Å². The van der Waals surface area contributed by atoms with Crippen LogP contribution in [-0.2, 0) is 17.8 Å². The number of hydrogen-bond donors (Lipinski definition) is 2. The molecule has 0 saturated heterocycles. The van der Waals surface area contributed by atoms with Gasteiger partial charge in [0.05, 0.1) is 19.4 Å². The minimum Gasteiger partial charge on any atom is -0.467 e. The Kier molecular flexibility index (Phi) is 6.41. The van der Waals surface area contributed by atoms with Gasteiger partial charge in [-0.1, -0.05) is 45.0 Å². The van der Waals surface area contributed by atoms with Crippen molar-refractivity contribution in [1.82, 2.24) is 10.6 Å². The molecular formula is C19H26N2O2. The van der Waals surface area contributed by atoms with Gasteiger partial charge in [-0.25, -0.2) is 0 Å². The van der Waals surface area contributed by atoms with E-state index in [1.54, 1.807) is 6.26 Å². The first-order valence-corrected chi connectivity index (χ1v) is 8.21. The smallest absolute Gasteiger partial charge is 0.234 e. The van der Waals surface area contributed by atoms with Gasteiger partial charge >= 0.3 is 0 Å². The van der Waals surface area contributed by atoms with Crippen molar-refractivity contribution < 1.29 is 9.21 Å². The Bertz CT molecular complexity index is 588. The monoisotopic (exact) mass is 314 g/mol. The maximum atomic E-state index is 12.0. The van der Waals surface area contributed by atoms with E-state index in [2.05, 4.69) is 55.7 Å². The molecule has 1 unspecified atom stereocenters. The highest BCUT2D eigenvalue weighted by molar-refractivity contribution is 5.77. The van der Waals surface area contributed by atoms with Crippen LogP contribution in [0.25, 0.3) is 0 Å². The highest BCUT2D eigenvalue weighted by Gasteiger charge is 2.16. The van der Waals surface area contributed by atoms with Gasteiger partial charge in [0.15, 0.2) is 0 Å². The standard InChI is InChI=1S/C19H26N2O2/c1-4-15-7-9-16(10-8-15)19(14(2)3)21-13-18(22)20-12-17-6-5-11-23-17/h5-11,14,19,21H,4,12-13H2,1-3H3,(H,20,22). The lowest BCUT2D eigenvalue weighted by Gasteiger charge is -2.23. The van der Waals surface area contributed by atoms with Gasteiger partial charge < -0.3 is 15.1 Å². The first kappa shape index (κ1) is 17.3. The average Bonchev–Trinajstić information content (AvgIpc) is 3.07. The second-order valence-electron chi connectivity index (χ2n) is 6.05. The molecule has 0 aliphatic heterocycles. The van der Waals surface area contributed by atoms with Gasteiger partial charge in [-0.2, -0.15) is 0 Å². The van der Waals surface area contributed by atoms with Crippen LogP contribution in [0.2, 0.25) is 0 Å². The molecule has 0 fully saturated rings. The Hall–Kier alpha value is -2.07. The van der Waals surface area contributed by atoms with Crippen molar-refractivity contribution in [2.45, 2.75) is 39.8 Å². The second kappa shape index (κ2) is 8.53.